The highest BCUT2D eigenvalue weighted by Gasteiger charge is 2.21. The molecule has 124 valence electrons. The first-order chi connectivity index (χ1) is 9.90. The van der Waals surface area contributed by atoms with Crippen molar-refractivity contribution >= 4 is 17.9 Å². The SMILES string of the molecule is CCSC[C@H](CCC1CCCCC1)NC(=O)OC(C)(C)C. The molecular weight excluding hydrogens is 282 g/mol. The average Bonchev–Trinajstić information content (AvgIpc) is 2.41. The maximum Gasteiger partial charge on any atom is 0.407 e. The van der Waals surface area contributed by atoms with Crippen molar-refractivity contribution in [2.24, 2.45) is 5.92 Å². The van der Waals surface area contributed by atoms with E-state index in [1.165, 1.54) is 38.5 Å². The van der Waals surface area contributed by atoms with Crippen molar-refractivity contribution in [1.82, 2.24) is 5.32 Å². The van der Waals surface area contributed by atoms with Gasteiger partial charge in [0.15, 0.2) is 0 Å². The van der Waals surface area contributed by atoms with Crippen molar-refractivity contribution in [3.63, 3.8) is 0 Å². The van der Waals surface area contributed by atoms with Crippen LogP contribution in [-0.2, 0) is 4.74 Å². The summed E-state index contributed by atoms with van der Waals surface area (Å²) in [6.07, 6.45) is 8.98. The quantitative estimate of drug-likeness (QED) is 0.719. The molecule has 0 aromatic heterocycles. The van der Waals surface area contributed by atoms with Crippen LogP contribution in [0.4, 0.5) is 4.79 Å². The summed E-state index contributed by atoms with van der Waals surface area (Å²) in [7, 11) is 0. The van der Waals surface area contributed by atoms with Gasteiger partial charge < -0.3 is 10.1 Å². The number of hydrogen-bond acceptors (Lipinski definition) is 3. The lowest BCUT2D eigenvalue weighted by Crippen LogP contribution is -2.40. The molecule has 1 aliphatic rings. The summed E-state index contributed by atoms with van der Waals surface area (Å²) in [5.74, 6) is 2.95. The van der Waals surface area contributed by atoms with Gasteiger partial charge in [0.05, 0.1) is 0 Å². The molecule has 3 nitrogen and oxygen atoms in total. The number of ether oxygens (including phenoxy) is 1. The fourth-order valence-corrected chi connectivity index (χ4v) is 3.61. The van der Waals surface area contributed by atoms with Crippen molar-refractivity contribution in [1.29, 1.82) is 0 Å². The Labute approximate surface area is 135 Å². The minimum absolute atomic E-state index is 0.242. The van der Waals surface area contributed by atoms with Gasteiger partial charge >= 0.3 is 6.09 Å². The molecule has 1 rings (SSSR count). The molecule has 21 heavy (non-hydrogen) atoms. The van der Waals surface area contributed by atoms with Crippen molar-refractivity contribution in [2.75, 3.05) is 11.5 Å². The van der Waals surface area contributed by atoms with Crippen LogP contribution in [-0.4, -0.2) is 29.2 Å². The zero-order valence-corrected chi connectivity index (χ0v) is 15.1. The van der Waals surface area contributed by atoms with Crippen LogP contribution in [0.5, 0.6) is 0 Å². The molecule has 1 aliphatic carbocycles. The zero-order chi connectivity index (χ0) is 15.7. The fraction of sp³-hybridized carbons (Fsp3) is 0.941. The monoisotopic (exact) mass is 315 g/mol. The molecule has 0 bridgehead atoms. The van der Waals surface area contributed by atoms with Crippen LogP contribution in [0.15, 0.2) is 0 Å². The highest BCUT2D eigenvalue weighted by molar-refractivity contribution is 7.99. The second kappa shape index (κ2) is 9.60. The van der Waals surface area contributed by atoms with Crippen molar-refractivity contribution in [3.05, 3.63) is 0 Å². The third-order valence-corrected chi connectivity index (χ3v) is 4.94. The summed E-state index contributed by atoms with van der Waals surface area (Å²) in [5, 5.41) is 3.07. The van der Waals surface area contributed by atoms with E-state index in [1.807, 2.05) is 32.5 Å². The predicted octanol–water partition coefficient (Wildman–Crippen LogP) is 4.99. The van der Waals surface area contributed by atoms with Gasteiger partial charge in [-0.05, 0) is 45.3 Å². The van der Waals surface area contributed by atoms with Crippen LogP contribution in [0.1, 0.15) is 72.6 Å². The van der Waals surface area contributed by atoms with E-state index in [4.69, 9.17) is 4.74 Å². The predicted molar refractivity (Wildman–Crippen MR) is 92.0 cm³/mol. The van der Waals surface area contributed by atoms with Gasteiger partial charge in [0.1, 0.15) is 5.60 Å². The lowest BCUT2D eigenvalue weighted by molar-refractivity contribution is 0.0505. The second-order valence-corrected chi connectivity index (χ2v) is 8.40. The third kappa shape index (κ3) is 9.28. The highest BCUT2D eigenvalue weighted by atomic mass is 32.2. The van der Waals surface area contributed by atoms with Crippen LogP contribution < -0.4 is 5.32 Å². The summed E-state index contributed by atoms with van der Waals surface area (Å²) >= 11 is 1.89. The van der Waals surface area contributed by atoms with Gasteiger partial charge in [-0.1, -0.05) is 39.0 Å². The Morgan fingerprint density at radius 1 is 1.29 bits per heavy atom. The number of thioether (sulfide) groups is 1. The summed E-state index contributed by atoms with van der Waals surface area (Å²) in [4.78, 5) is 11.9. The van der Waals surface area contributed by atoms with Crippen LogP contribution in [0.3, 0.4) is 0 Å². The van der Waals surface area contributed by atoms with Crippen LogP contribution in [0, 0.1) is 5.92 Å². The molecule has 1 atom stereocenters. The Morgan fingerprint density at radius 3 is 2.52 bits per heavy atom. The minimum Gasteiger partial charge on any atom is -0.444 e. The third-order valence-electron chi connectivity index (χ3n) is 3.89. The van der Waals surface area contributed by atoms with Crippen LogP contribution >= 0.6 is 11.8 Å². The Morgan fingerprint density at radius 2 is 1.95 bits per heavy atom. The van der Waals surface area contributed by atoms with E-state index >= 15 is 0 Å². The maximum atomic E-state index is 11.9. The molecule has 1 amide bonds. The molecule has 1 saturated carbocycles. The maximum absolute atomic E-state index is 11.9. The van der Waals surface area contributed by atoms with Crippen LogP contribution in [0.25, 0.3) is 0 Å². The number of hydrogen-bond donors (Lipinski definition) is 1. The van der Waals surface area contributed by atoms with Crippen molar-refractivity contribution in [2.45, 2.75) is 84.3 Å². The number of rotatable bonds is 7. The molecule has 0 spiro atoms. The minimum atomic E-state index is -0.421. The first-order valence-corrected chi connectivity index (χ1v) is 9.63. The molecule has 0 aliphatic heterocycles. The summed E-state index contributed by atoms with van der Waals surface area (Å²) in [6, 6.07) is 0.242. The van der Waals surface area contributed by atoms with E-state index in [-0.39, 0.29) is 12.1 Å². The number of nitrogens with one attached hydrogen (secondary N) is 1. The summed E-state index contributed by atoms with van der Waals surface area (Å²) in [6.45, 7) is 7.88. The number of amides is 1. The van der Waals surface area contributed by atoms with E-state index < -0.39 is 5.60 Å². The average molecular weight is 316 g/mol. The summed E-state index contributed by atoms with van der Waals surface area (Å²) in [5.41, 5.74) is -0.421. The van der Waals surface area contributed by atoms with Gasteiger partial charge in [0, 0.05) is 11.8 Å². The molecule has 4 heteroatoms. The Balaban J connectivity index is 2.36. The topological polar surface area (TPSA) is 38.3 Å². The van der Waals surface area contributed by atoms with Crippen LogP contribution in [0.2, 0.25) is 0 Å². The van der Waals surface area contributed by atoms with Gasteiger partial charge in [-0.3, -0.25) is 0 Å². The van der Waals surface area contributed by atoms with Gasteiger partial charge in [0.25, 0.3) is 0 Å². The Bertz CT molecular complexity index is 296. The number of carbonyl (C=O) groups excluding carboxylic acids is 1. The van der Waals surface area contributed by atoms with Gasteiger partial charge in [-0.25, -0.2) is 4.79 Å². The molecule has 0 radical (unpaired) electrons. The van der Waals surface area contributed by atoms with Gasteiger partial charge in [0.2, 0.25) is 0 Å². The smallest absolute Gasteiger partial charge is 0.407 e. The Kier molecular flexibility index (Phi) is 8.53. The second-order valence-electron chi connectivity index (χ2n) is 7.08. The highest BCUT2D eigenvalue weighted by Crippen LogP contribution is 2.28. The van der Waals surface area contributed by atoms with Crippen molar-refractivity contribution < 1.29 is 9.53 Å². The molecule has 0 saturated heterocycles. The lowest BCUT2D eigenvalue weighted by Gasteiger charge is -2.26. The molecule has 0 aromatic carbocycles. The molecule has 0 aromatic rings. The normalized spacial score (nSPS) is 18.3. The zero-order valence-electron chi connectivity index (χ0n) is 14.2. The molecule has 1 N–H and O–H groups in total. The van der Waals surface area contributed by atoms with Crippen molar-refractivity contribution in [3.8, 4) is 0 Å². The molecule has 0 unspecified atom stereocenters. The Hall–Kier alpha value is -0.380. The molecular formula is C17H33NO2S. The first kappa shape index (κ1) is 18.7. The van der Waals surface area contributed by atoms with E-state index in [0.717, 1.165) is 23.8 Å². The molecule has 0 heterocycles. The summed E-state index contributed by atoms with van der Waals surface area (Å²) < 4.78 is 5.38. The van der Waals surface area contributed by atoms with E-state index in [9.17, 15) is 4.79 Å². The van der Waals surface area contributed by atoms with E-state index in [1.54, 1.807) is 0 Å². The van der Waals surface area contributed by atoms with Gasteiger partial charge in [-0.2, -0.15) is 11.8 Å². The largest absolute Gasteiger partial charge is 0.444 e. The molecule has 1 fully saturated rings. The lowest BCUT2D eigenvalue weighted by atomic mass is 9.85. The van der Waals surface area contributed by atoms with E-state index in [2.05, 4.69) is 12.2 Å². The number of carbonyl (C=O) groups is 1. The number of alkyl carbamates (subject to hydrolysis) is 1. The fourth-order valence-electron chi connectivity index (χ4n) is 2.84. The first-order valence-electron chi connectivity index (χ1n) is 8.48. The standard InChI is InChI=1S/C17H33NO2S/c1-5-21-13-15(18-16(19)20-17(2,3)4)12-11-14-9-7-6-8-10-14/h14-15H,5-13H2,1-4H3,(H,18,19)/t15-/m0/s1. The van der Waals surface area contributed by atoms with E-state index in [0.29, 0.717) is 0 Å². The van der Waals surface area contributed by atoms with Gasteiger partial charge in [-0.15, -0.1) is 0 Å².